The van der Waals surface area contributed by atoms with Crippen LogP contribution >= 0.6 is 0 Å². The minimum absolute atomic E-state index is 0.256. The molecule has 4 rings (SSSR count). The van der Waals surface area contributed by atoms with Gasteiger partial charge >= 0.3 is 6.09 Å². The Bertz CT molecular complexity index is 828. The van der Waals surface area contributed by atoms with E-state index < -0.39 is 0 Å². The Hall–Kier alpha value is -2.08. The van der Waals surface area contributed by atoms with Gasteiger partial charge < -0.3 is 14.5 Å². The molecule has 2 aromatic rings. The SMILES string of the molecule is Cc1ccc2ncc(CN3CCC4(CC3)CC(NC(=O)OCC(C)C)C4)n2c1. The second-order valence-electron chi connectivity index (χ2n) is 9.20. The molecule has 28 heavy (non-hydrogen) atoms. The first-order valence-corrected chi connectivity index (χ1v) is 10.5. The molecular formula is C22H32N4O2. The fraction of sp³-hybridized carbons (Fsp3) is 0.636. The molecule has 3 heterocycles. The lowest BCUT2D eigenvalue weighted by atomic mass is 9.60. The number of amides is 1. The van der Waals surface area contributed by atoms with Gasteiger partial charge in [0, 0.05) is 18.8 Å². The minimum atomic E-state index is -0.256. The van der Waals surface area contributed by atoms with E-state index in [0.29, 0.717) is 17.9 Å². The number of hydrogen-bond donors (Lipinski definition) is 1. The number of nitrogens with zero attached hydrogens (tertiary/aromatic N) is 3. The number of ether oxygens (including phenoxy) is 1. The van der Waals surface area contributed by atoms with Crippen molar-refractivity contribution >= 4 is 11.7 Å². The molecule has 0 bridgehead atoms. The van der Waals surface area contributed by atoms with Crippen LogP contribution in [0.3, 0.4) is 0 Å². The number of nitrogens with one attached hydrogen (secondary N) is 1. The molecule has 6 nitrogen and oxygen atoms in total. The van der Waals surface area contributed by atoms with E-state index in [0.717, 1.165) is 38.1 Å². The van der Waals surface area contributed by atoms with E-state index >= 15 is 0 Å². The van der Waals surface area contributed by atoms with E-state index in [4.69, 9.17) is 4.74 Å². The third kappa shape index (κ3) is 4.17. The highest BCUT2D eigenvalue weighted by atomic mass is 16.5. The van der Waals surface area contributed by atoms with Gasteiger partial charge in [-0.15, -0.1) is 0 Å². The molecule has 2 aromatic heterocycles. The summed E-state index contributed by atoms with van der Waals surface area (Å²) in [6, 6.07) is 4.47. The predicted molar refractivity (Wildman–Crippen MR) is 109 cm³/mol. The number of likely N-dealkylation sites (tertiary alicyclic amines) is 1. The van der Waals surface area contributed by atoms with E-state index in [9.17, 15) is 4.79 Å². The van der Waals surface area contributed by atoms with Crippen molar-refractivity contribution in [2.45, 2.75) is 59.0 Å². The quantitative estimate of drug-likeness (QED) is 0.853. The summed E-state index contributed by atoms with van der Waals surface area (Å²) in [6.07, 6.45) is 8.52. The topological polar surface area (TPSA) is 58.9 Å². The van der Waals surface area contributed by atoms with Crippen LogP contribution < -0.4 is 5.32 Å². The molecule has 0 radical (unpaired) electrons. The standard InChI is InChI=1S/C22H32N4O2/c1-16(2)15-28-21(27)24-18-10-22(11-18)6-8-25(9-7-22)14-19-12-23-20-5-4-17(3)13-26(19)20/h4-5,12-13,16,18H,6-11,14-15H2,1-3H3,(H,24,27). The summed E-state index contributed by atoms with van der Waals surface area (Å²) in [6.45, 7) is 9.88. The first kappa shape index (κ1) is 19.2. The Morgan fingerprint density at radius 1 is 1.32 bits per heavy atom. The molecule has 1 aliphatic heterocycles. The zero-order chi connectivity index (χ0) is 19.7. The van der Waals surface area contributed by atoms with E-state index in [-0.39, 0.29) is 12.1 Å². The maximum absolute atomic E-state index is 11.8. The second kappa shape index (κ2) is 7.74. The number of aromatic nitrogens is 2. The fourth-order valence-corrected chi connectivity index (χ4v) is 4.62. The zero-order valence-corrected chi connectivity index (χ0v) is 17.3. The summed E-state index contributed by atoms with van der Waals surface area (Å²) >= 11 is 0. The lowest BCUT2D eigenvalue weighted by Crippen LogP contribution is -2.54. The number of rotatable bonds is 5. The van der Waals surface area contributed by atoms with Gasteiger partial charge in [0.2, 0.25) is 0 Å². The molecule has 2 fully saturated rings. The molecule has 2 aliphatic rings. The number of fused-ring (bicyclic) bond motifs is 1. The van der Waals surface area contributed by atoms with Gasteiger partial charge in [-0.3, -0.25) is 4.90 Å². The molecule has 1 N–H and O–H groups in total. The number of imidazole rings is 1. The largest absolute Gasteiger partial charge is 0.449 e. The molecule has 0 aromatic carbocycles. The van der Waals surface area contributed by atoms with Gasteiger partial charge in [-0.2, -0.15) is 0 Å². The van der Waals surface area contributed by atoms with Gasteiger partial charge in [-0.25, -0.2) is 9.78 Å². The van der Waals surface area contributed by atoms with Crippen LogP contribution in [-0.4, -0.2) is 46.1 Å². The zero-order valence-electron chi connectivity index (χ0n) is 17.3. The van der Waals surface area contributed by atoms with Crippen LogP contribution in [0.5, 0.6) is 0 Å². The van der Waals surface area contributed by atoms with Crippen LogP contribution in [0.1, 0.15) is 50.8 Å². The number of hydrogen-bond acceptors (Lipinski definition) is 4. The van der Waals surface area contributed by atoms with E-state index in [2.05, 4.69) is 44.9 Å². The molecule has 1 amide bonds. The third-order valence-corrected chi connectivity index (χ3v) is 6.26. The van der Waals surface area contributed by atoms with Crippen molar-refractivity contribution in [3.8, 4) is 0 Å². The molecular weight excluding hydrogens is 352 g/mol. The fourth-order valence-electron chi connectivity index (χ4n) is 4.62. The molecule has 6 heteroatoms. The Morgan fingerprint density at radius 3 is 2.79 bits per heavy atom. The van der Waals surface area contributed by atoms with Crippen LogP contribution in [0.4, 0.5) is 4.79 Å². The summed E-state index contributed by atoms with van der Waals surface area (Å²) in [4.78, 5) is 18.9. The molecule has 152 valence electrons. The summed E-state index contributed by atoms with van der Waals surface area (Å²) in [7, 11) is 0. The van der Waals surface area contributed by atoms with Gasteiger partial charge in [-0.1, -0.05) is 19.9 Å². The Kier molecular flexibility index (Phi) is 5.32. The number of carbonyl (C=O) groups excluding carboxylic acids is 1. The highest BCUT2D eigenvalue weighted by Gasteiger charge is 2.46. The summed E-state index contributed by atoms with van der Waals surface area (Å²) in [5.41, 5.74) is 3.95. The van der Waals surface area contributed by atoms with Crippen LogP contribution in [0.15, 0.2) is 24.5 Å². The van der Waals surface area contributed by atoms with Crippen molar-refractivity contribution in [1.29, 1.82) is 0 Å². The first-order valence-electron chi connectivity index (χ1n) is 10.5. The predicted octanol–water partition coefficient (Wildman–Crippen LogP) is 3.77. The number of aryl methyl sites for hydroxylation is 1. The van der Waals surface area contributed by atoms with Crippen LogP contribution in [-0.2, 0) is 11.3 Å². The number of pyridine rings is 1. The third-order valence-electron chi connectivity index (χ3n) is 6.26. The molecule has 1 spiro atoms. The van der Waals surface area contributed by atoms with Crippen molar-refractivity contribution in [2.24, 2.45) is 11.3 Å². The summed E-state index contributed by atoms with van der Waals surface area (Å²) in [5.74, 6) is 0.375. The van der Waals surface area contributed by atoms with Gasteiger partial charge in [0.25, 0.3) is 0 Å². The van der Waals surface area contributed by atoms with Crippen LogP contribution in [0.2, 0.25) is 0 Å². The molecule has 0 atom stereocenters. The van der Waals surface area contributed by atoms with E-state index in [1.54, 1.807) is 0 Å². The Morgan fingerprint density at radius 2 is 2.07 bits per heavy atom. The number of alkyl carbamates (subject to hydrolysis) is 1. The number of carbonyl (C=O) groups is 1. The maximum atomic E-state index is 11.8. The van der Waals surface area contributed by atoms with Gasteiger partial charge in [0.15, 0.2) is 0 Å². The van der Waals surface area contributed by atoms with Crippen LogP contribution in [0, 0.1) is 18.3 Å². The average Bonchev–Trinajstić information content (AvgIpc) is 3.02. The van der Waals surface area contributed by atoms with E-state index in [1.807, 2.05) is 20.0 Å². The van der Waals surface area contributed by atoms with Crippen molar-refractivity contribution in [1.82, 2.24) is 19.6 Å². The normalized spacial score (nSPS) is 19.9. The lowest BCUT2D eigenvalue weighted by Gasteiger charge is -2.52. The smallest absolute Gasteiger partial charge is 0.407 e. The molecule has 1 saturated carbocycles. The van der Waals surface area contributed by atoms with Gasteiger partial charge in [-0.05, 0) is 68.7 Å². The molecule has 1 aliphatic carbocycles. The highest BCUT2D eigenvalue weighted by Crippen LogP contribution is 2.49. The van der Waals surface area contributed by atoms with Crippen molar-refractivity contribution < 1.29 is 9.53 Å². The maximum Gasteiger partial charge on any atom is 0.407 e. The molecule has 1 saturated heterocycles. The van der Waals surface area contributed by atoms with Crippen LogP contribution in [0.25, 0.3) is 5.65 Å². The average molecular weight is 385 g/mol. The summed E-state index contributed by atoms with van der Waals surface area (Å²) in [5, 5.41) is 3.03. The first-order chi connectivity index (χ1) is 13.4. The number of piperidine rings is 1. The lowest BCUT2D eigenvalue weighted by molar-refractivity contribution is 0.00253. The van der Waals surface area contributed by atoms with Crippen molar-refractivity contribution in [3.05, 3.63) is 35.8 Å². The van der Waals surface area contributed by atoms with Crippen molar-refractivity contribution in [3.63, 3.8) is 0 Å². The van der Waals surface area contributed by atoms with Gasteiger partial charge in [0.05, 0.1) is 18.5 Å². The monoisotopic (exact) mass is 384 g/mol. The van der Waals surface area contributed by atoms with Crippen molar-refractivity contribution in [2.75, 3.05) is 19.7 Å². The minimum Gasteiger partial charge on any atom is -0.449 e. The summed E-state index contributed by atoms with van der Waals surface area (Å²) < 4.78 is 7.45. The highest BCUT2D eigenvalue weighted by molar-refractivity contribution is 5.67. The molecule has 0 unspecified atom stereocenters. The Labute approximate surface area is 167 Å². The van der Waals surface area contributed by atoms with E-state index in [1.165, 1.54) is 24.1 Å². The Balaban J connectivity index is 1.24. The second-order valence-corrected chi connectivity index (χ2v) is 9.20. The van der Waals surface area contributed by atoms with Gasteiger partial charge in [0.1, 0.15) is 5.65 Å².